The van der Waals surface area contributed by atoms with E-state index in [2.05, 4.69) is 4.74 Å². The van der Waals surface area contributed by atoms with E-state index in [0.717, 1.165) is 17.1 Å². The Morgan fingerprint density at radius 1 is 1.60 bits per heavy atom. The Kier molecular flexibility index (Phi) is 4.03. The highest BCUT2D eigenvalue weighted by atomic mass is 16.7. The van der Waals surface area contributed by atoms with E-state index in [9.17, 15) is 4.79 Å². The summed E-state index contributed by atoms with van der Waals surface area (Å²) in [4.78, 5) is 10.3. The molecular formula is C10H15NO4. The summed E-state index contributed by atoms with van der Waals surface area (Å²) in [6.07, 6.45) is 1.65. The van der Waals surface area contributed by atoms with Crippen molar-refractivity contribution < 1.29 is 19.0 Å². The van der Waals surface area contributed by atoms with Gasteiger partial charge in [0.2, 0.25) is 6.79 Å². The molecule has 0 aromatic rings. The van der Waals surface area contributed by atoms with Crippen LogP contribution in [0.3, 0.4) is 0 Å². The number of carbonyl (C=O) groups excluding carboxylic acids is 1. The van der Waals surface area contributed by atoms with Crippen molar-refractivity contribution >= 4 is 6.09 Å². The van der Waals surface area contributed by atoms with Gasteiger partial charge in [-0.3, -0.25) is 0 Å². The molecule has 0 radical (unpaired) electrons. The molecule has 0 atom stereocenters. The Bertz CT molecular complexity index is 307. The van der Waals surface area contributed by atoms with Crippen LogP contribution in [0.4, 0.5) is 4.79 Å². The van der Waals surface area contributed by atoms with Gasteiger partial charge < -0.3 is 19.9 Å². The third-order valence-corrected chi connectivity index (χ3v) is 2.01. The second-order valence-electron chi connectivity index (χ2n) is 3.09. The van der Waals surface area contributed by atoms with Gasteiger partial charge in [-0.25, -0.2) is 4.79 Å². The lowest BCUT2D eigenvalue weighted by Gasteiger charge is -2.05. The summed E-state index contributed by atoms with van der Waals surface area (Å²) in [5.74, 6) is 1.46. The van der Waals surface area contributed by atoms with Crippen molar-refractivity contribution in [3.8, 4) is 0 Å². The second-order valence-corrected chi connectivity index (χ2v) is 3.09. The summed E-state index contributed by atoms with van der Waals surface area (Å²) >= 11 is 0. The summed E-state index contributed by atoms with van der Waals surface area (Å²) in [6, 6.07) is 0. The minimum Gasteiger partial charge on any atom is -0.454 e. The number of hydrogen-bond donors (Lipinski definition) is 1. The fourth-order valence-corrected chi connectivity index (χ4v) is 1.25. The van der Waals surface area contributed by atoms with E-state index in [-0.39, 0.29) is 13.4 Å². The van der Waals surface area contributed by atoms with Gasteiger partial charge in [-0.1, -0.05) is 0 Å². The van der Waals surface area contributed by atoms with Crippen molar-refractivity contribution in [2.45, 2.75) is 20.3 Å². The minimum absolute atomic E-state index is 0.239. The van der Waals surface area contributed by atoms with Crippen LogP contribution in [0, 0.1) is 0 Å². The highest BCUT2D eigenvalue weighted by Gasteiger charge is 2.18. The summed E-state index contributed by atoms with van der Waals surface area (Å²) in [5, 5.41) is 0. The molecule has 84 valence electrons. The Balaban J connectivity index is 2.53. The molecule has 15 heavy (non-hydrogen) atoms. The van der Waals surface area contributed by atoms with Crippen LogP contribution < -0.4 is 5.73 Å². The predicted octanol–water partition coefficient (Wildman–Crippen LogP) is 1.65. The number of ether oxygens (including phenoxy) is 3. The number of nitrogens with two attached hydrogens (primary N) is 1. The lowest BCUT2D eigenvalue weighted by atomic mass is 10.1. The van der Waals surface area contributed by atoms with Crippen molar-refractivity contribution in [2.24, 2.45) is 5.73 Å². The zero-order valence-electron chi connectivity index (χ0n) is 8.91. The lowest BCUT2D eigenvalue weighted by molar-refractivity contribution is 0.0963. The summed E-state index contributed by atoms with van der Waals surface area (Å²) in [6.45, 7) is 4.27. The summed E-state index contributed by atoms with van der Waals surface area (Å²) in [7, 11) is 0. The molecule has 1 aliphatic heterocycles. The monoisotopic (exact) mass is 213 g/mol. The number of rotatable bonds is 3. The van der Waals surface area contributed by atoms with Gasteiger partial charge in [0.1, 0.15) is 0 Å². The predicted molar refractivity (Wildman–Crippen MR) is 53.6 cm³/mol. The van der Waals surface area contributed by atoms with Crippen molar-refractivity contribution in [1.82, 2.24) is 0 Å². The first kappa shape index (κ1) is 11.4. The zero-order valence-corrected chi connectivity index (χ0v) is 8.91. The van der Waals surface area contributed by atoms with Gasteiger partial charge in [-0.2, -0.15) is 0 Å². The molecule has 2 N–H and O–H groups in total. The molecule has 5 nitrogen and oxygen atoms in total. The molecule has 1 amide bonds. The molecule has 1 fully saturated rings. The van der Waals surface area contributed by atoms with Gasteiger partial charge in [0.25, 0.3) is 0 Å². The molecule has 0 aliphatic carbocycles. The van der Waals surface area contributed by atoms with E-state index in [4.69, 9.17) is 15.2 Å². The topological polar surface area (TPSA) is 70.8 Å². The number of allylic oxidation sites excluding steroid dienone is 1. The zero-order chi connectivity index (χ0) is 11.3. The summed E-state index contributed by atoms with van der Waals surface area (Å²) in [5.41, 5.74) is 5.81. The van der Waals surface area contributed by atoms with Crippen LogP contribution in [0.25, 0.3) is 0 Å². The van der Waals surface area contributed by atoms with E-state index in [1.165, 1.54) is 0 Å². The molecule has 1 aliphatic rings. The summed E-state index contributed by atoms with van der Waals surface area (Å²) < 4.78 is 15.1. The Labute approximate surface area is 88.5 Å². The number of hydrogen-bond acceptors (Lipinski definition) is 4. The quantitative estimate of drug-likeness (QED) is 0.773. The highest BCUT2D eigenvalue weighted by Crippen LogP contribution is 2.25. The van der Waals surface area contributed by atoms with Gasteiger partial charge in [0.05, 0.1) is 6.61 Å². The van der Waals surface area contributed by atoms with Gasteiger partial charge in [0.15, 0.2) is 11.5 Å². The van der Waals surface area contributed by atoms with E-state index < -0.39 is 6.09 Å². The maximum absolute atomic E-state index is 10.3. The first-order chi connectivity index (χ1) is 7.15. The van der Waals surface area contributed by atoms with Crippen LogP contribution in [0.5, 0.6) is 0 Å². The molecule has 5 heteroatoms. The van der Waals surface area contributed by atoms with Crippen molar-refractivity contribution in [3.05, 3.63) is 23.2 Å². The molecule has 0 saturated carbocycles. The van der Waals surface area contributed by atoms with Gasteiger partial charge >= 0.3 is 6.09 Å². The molecule has 1 saturated heterocycles. The number of amides is 1. The van der Waals surface area contributed by atoms with Crippen LogP contribution in [-0.2, 0) is 14.2 Å². The molecule has 0 bridgehead atoms. The van der Waals surface area contributed by atoms with Crippen LogP contribution in [0.1, 0.15) is 20.3 Å². The average molecular weight is 213 g/mol. The SMILES string of the molecule is C/C=C1/OCO/C1=C(/C)CCOC(N)=O. The van der Waals surface area contributed by atoms with Crippen molar-refractivity contribution in [1.29, 1.82) is 0 Å². The Morgan fingerprint density at radius 3 is 2.93 bits per heavy atom. The third kappa shape index (κ3) is 3.19. The van der Waals surface area contributed by atoms with E-state index in [0.29, 0.717) is 6.42 Å². The number of carbonyl (C=O) groups is 1. The van der Waals surface area contributed by atoms with Gasteiger partial charge in [-0.05, 0) is 25.5 Å². The first-order valence-corrected chi connectivity index (χ1v) is 4.69. The normalized spacial score (nSPS) is 20.8. The van der Waals surface area contributed by atoms with E-state index in [1.807, 2.05) is 19.9 Å². The maximum atomic E-state index is 10.3. The smallest absolute Gasteiger partial charge is 0.404 e. The molecule has 0 aromatic carbocycles. The molecule has 1 heterocycles. The average Bonchev–Trinajstić information content (AvgIpc) is 2.64. The van der Waals surface area contributed by atoms with Crippen LogP contribution in [0.15, 0.2) is 23.2 Å². The molecule has 1 rings (SSSR count). The standard InChI is InChI=1S/C10H15NO4/c1-3-8-9(15-6-14-8)7(2)4-5-13-10(11)12/h3H,4-6H2,1-2H3,(H2,11,12)/b8-3+,9-7-. The van der Waals surface area contributed by atoms with Crippen LogP contribution >= 0.6 is 0 Å². The Hall–Kier alpha value is -1.65. The highest BCUT2D eigenvalue weighted by molar-refractivity contribution is 5.64. The van der Waals surface area contributed by atoms with Crippen molar-refractivity contribution in [2.75, 3.05) is 13.4 Å². The first-order valence-electron chi connectivity index (χ1n) is 4.69. The lowest BCUT2D eigenvalue weighted by Crippen LogP contribution is -2.14. The van der Waals surface area contributed by atoms with E-state index >= 15 is 0 Å². The van der Waals surface area contributed by atoms with Gasteiger partial charge in [-0.15, -0.1) is 0 Å². The van der Waals surface area contributed by atoms with Crippen LogP contribution in [0.2, 0.25) is 0 Å². The second kappa shape index (κ2) is 5.29. The molecular weight excluding hydrogens is 198 g/mol. The molecule has 0 unspecified atom stereocenters. The molecule has 0 spiro atoms. The maximum Gasteiger partial charge on any atom is 0.404 e. The molecule has 0 aromatic heterocycles. The fourth-order valence-electron chi connectivity index (χ4n) is 1.25. The van der Waals surface area contributed by atoms with Gasteiger partial charge in [0, 0.05) is 6.42 Å². The van der Waals surface area contributed by atoms with Crippen LogP contribution in [-0.4, -0.2) is 19.5 Å². The van der Waals surface area contributed by atoms with Crippen molar-refractivity contribution in [3.63, 3.8) is 0 Å². The number of primary amides is 1. The largest absolute Gasteiger partial charge is 0.454 e. The third-order valence-electron chi connectivity index (χ3n) is 2.01. The minimum atomic E-state index is -0.761. The van der Waals surface area contributed by atoms with E-state index in [1.54, 1.807) is 0 Å². The Morgan fingerprint density at radius 2 is 2.33 bits per heavy atom. The fraction of sp³-hybridized carbons (Fsp3) is 0.500.